The van der Waals surface area contributed by atoms with Gasteiger partial charge in [-0.05, 0) is 44.4 Å². The van der Waals surface area contributed by atoms with Crippen LogP contribution in [0.25, 0.3) is 0 Å². The van der Waals surface area contributed by atoms with Crippen molar-refractivity contribution in [3.05, 3.63) is 0 Å². The number of ether oxygens (including phenoxy) is 1. The quantitative estimate of drug-likeness (QED) is 0.721. The van der Waals surface area contributed by atoms with E-state index in [1.807, 2.05) is 0 Å². The first-order valence-corrected chi connectivity index (χ1v) is 8.21. The van der Waals surface area contributed by atoms with Crippen LogP contribution in [-0.4, -0.2) is 43.8 Å². The highest BCUT2D eigenvalue weighted by atomic mass is 16.5. The Morgan fingerprint density at radius 1 is 1.16 bits per heavy atom. The van der Waals surface area contributed by atoms with E-state index in [-0.39, 0.29) is 0 Å². The van der Waals surface area contributed by atoms with Crippen molar-refractivity contribution >= 4 is 0 Å². The summed E-state index contributed by atoms with van der Waals surface area (Å²) in [5, 5.41) is 0. The summed E-state index contributed by atoms with van der Waals surface area (Å²) in [5.74, 6) is 1.62. The van der Waals surface area contributed by atoms with Crippen LogP contribution in [0.3, 0.4) is 0 Å². The molecule has 0 aromatic rings. The summed E-state index contributed by atoms with van der Waals surface area (Å²) >= 11 is 0. The molecule has 2 N–H and O–H groups in total. The van der Waals surface area contributed by atoms with Crippen LogP contribution in [-0.2, 0) is 4.74 Å². The van der Waals surface area contributed by atoms with Gasteiger partial charge in [0.15, 0.2) is 0 Å². The molecule has 0 bridgehead atoms. The van der Waals surface area contributed by atoms with Gasteiger partial charge in [-0.3, -0.25) is 4.90 Å². The molecule has 0 heterocycles. The highest BCUT2D eigenvalue weighted by molar-refractivity contribution is 4.88. The van der Waals surface area contributed by atoms with Crippen molar-refractivity contribution in [2.75, 3.05) is 26.8 Å². The number of nitrogens with zero attached hydrogens (tertiary/aromatic N) is 1. The number of hydrogen-bond acceptors (Lipinski definition) is 3. The minimum Gasteiger partial charge on any atom is -0.383 e. The van der Waals surface area contributed by atoms with E-state index < -0.39 is 0 Å². The molecule has 112 valence electrons. The second kappa shape index (κ2) is 7.61. The zero-order chi connectivity index (χ0) is 13.7. The zero-order valence-corrected chi connectivity index (χ0v) is 12.8. The maximum absolute atomic E-state index is 6.39. The first-order valence-electron chi connectivity index (χ1n) is 8.21. The van der Waals surface area contributed by atoms with Crippen molar-refractivity contribution in [2.24, 2.45) is 17.6 Å². The van der Waals surface area contributed by atoms with Crippen molar-refractivity contribution in [3.8, 4) is 0 Å². The largest absolute Gasteiger partial charge is 0.383 e. The molecule has 2 aliphatic carbocycles. The zero-order valence-electron chi connectivity index (χ0n) is 12.8. The molecule has 0 aliphatic heterocycles. The van der Waals surface area contributed by atoms with Gasteiger partial charge in [0.2, 0.25) is 0 Å². The van der Waals surface area contributed by atoms with Crippen molar-refractivity contribution in [1.29, 1.82) is 0 Å². The summed E-state index contributed by atoms with van der Waals surface area (Å²) < 4.78 is 5.29. The Kier molecular flexibility index (Phi) is 6.11. The van der Waals surface area contributed by atoms with Gasteiger partial charge in [0.25, 0.3) is 0 Å². The molecular weight excluding hydrogens is 236 g/mol. The minimum absolute atomic E-state index is 0.416. The Balaban J connectivity index is 1.88. The lowest BCUT2D eigenvalue weighted by Crippen LogP contribution is -2.44. The standard InChI is InChI=1S/C16H32N2O/c1-13(14-8-9-14)18(10-11-19-2)12-15-6-4-3-5-7-16(15)17/h13-16H,3-12,17H2,1-2H3. The van der Waals surface area contributed by atoms with E-state index in [1.165, 1.54) is 51.5 Å². The fourth-order valence-electron chi connectivity index (χ4n) is 3.49. The van der Waals surface area contributed by atoms with E-state index in [2.05, 4.69) is 11.8 Å². The summed E-state index contributed by atoms with van der Waals surface area (Å²) in [6, 6.07) is 1.13. The van der Waals surface area contributed by atoms with Gasteiger partial charge < -0.3 is 10.5 Å². The maximum Gasteiger partial charge on any atom is 0.0589 e. The molecule has 2 aliphatic rings. The van der Waals surface area contributed by atoms with Crippen LogP contribution >= 0.6 is 0 Å². The van der Waals surface area contributed by atoms with E-state index in [0.717, 1.165) is 19.1 Å². The Labute approximate surface area is 118 Å². The third-order valence-electron chi connectivity index (χ3n) is 5.15. The van der Waals surface area contributed by atoms with Crippen LogP contribution in [0.1, 0.15) is 51.9 Å². The predicted octanol–water partition coefficient (Wildman–Crippen LogP) is 2.64. The smallest absolute Gasteiger partial charge is 0.0589 e. The van der Waals surface area contributed by atoms with Gasteiger partial charge in [0.1, 0.15) is 0 Å². The van der Waals surface area contributed by atoms with Crippen molar-refractivity contribution in [1.82, 2.24) is 4.90 Å². The molecule has 2 rings (SSSR count). The van der Waals surface area contributed by atoms with Crippen molar-refractivity contribution in [2.45, 2.75) is 64.0 Å². The summed E-state index contributed by atoms with van der Waals surface area (Å²) in [6.07, 6.45) is 9.45. The fraction of sp³-hybridized carbons (Fsp3) is 1.00. The molecule has 3 atom stereocenters. The molecule has 0 radical (unpaired) electrons. The SMILES string of the molecule is COCCN(CC1CCCCCC1N)C(C)C1CC1. The van der Waals surface area contributed by atoms with Crippen LogP contribution in [0.5, 0.6) is 0 Å². The molecular formula is C16H32N2O. The van der Waals surface area contributed by atoms with Gasteiger partial charge in [-0.25, -0.2) is 0 Å². The second-order valence-electron chi connectivity index (χ2n) is 6.63. The molecule has 3 heteroatoms. The molecule has 2 fully saturated rings. The molecule has 3 unspecified atom stereocenters. The van der Waals surface area contributed by atoms with Gasteiger partial charge >= 0.3 is 0 Å². The molecule has 0 saturated heterocycles. The summed E-state index contributed by atoms with van der Waals surface area (Å²) in [5.41, 5.74) is 6.39. The first kappa shape index (κ1) is 15.3. The van der Waals surface area contributed by atoms with Gasteiger partial charge in [0.05, 0.1) is 6.61 Å². The number of nitrogens with two attached hydrogens (primary N) is 1. The van der Waals surface area contributed by atoms with Gasteiger partial charge in [0, 0.05) is 32.3 Å². The highest BCUT2D eigenvalue weighted by Crippen LogP contribution is 2.36. The average molecular weight is 268 g/mol. The summed E-state index contributed by atoms with van der Waals surface area (Å²) in [6.45, 7) is 5.49. The maximum atomic E-state index is 6.39. The van der Waals surface area contributed by atoms with E-state index >= 15 is 0 Å². The predicted molar refractivity (Wildman–Crippen MR) is 80.2 cm³/mol. The third-order valence-corrected chi connectivity index (χ3v) is 5.15. The van der Waals surface area contributed by atoms with Crippen LogP contribution in [0.4, 0.5) is 0 Å². The van der Waals surface area contributed by atoms with E-state index in [1.54, 1.807) is 7.11 Å². The Morgan fingerprint density at radius 2 is 1.89 bits per heavy atom. The second-order valence-corrected chi connectivity index (χ2v) is 6.63. The normalized spacial score (nSPS) is 30.3. The highest BCUT2D eigenvalue weighted by Gasteiger charge is 2.33. The Bertz CT molecular complexity index is 255. The van der Waals surface area contributed by atoms with E-state index in [9.17, 15) is 0 Å². The Hall–Kier alpha value is -0.120. The van der Waals surface area contributed by atoms with Crippen LogP contribution in [0.2, 0.25) is 0 Å². The molecule has 0 amide bonds. The van der Waals surface area contributed by atoms with Gasteiger partial charge in [-0.15, -0.1) is 0 Å². The average Bonchev–Trinajstić information content (AvgIpc) is 3.23. The molecule has 19 heavy (non-hydrogen) atoms. The number of methoxy groups -OCH3 is 1. The van der Waals surface area contributed by atoms with Crippen LogP contribution in [0.15, 0.2) is 0 Å². The lowest BCUT2D eigenvalue weighted by molar-refractivity contribution is 0.0968. The van der Waals surface area contributed by atoms with E-state index in [4.69, 9.17) is 10.5 Å². The van der Waals surface area contributed by atoms with Crippen molar-refractivity contribution < 1.29 is 4.74 Å². The fourth-order valence-corrected chi connectivity index (χ4v) is 3.49. The third kappa shape index (κ3) is 4.73. The van der Waals surface area contributed by atoms with Crippen molar-refractivity contribution in [3.63, 3.8) is 0 Å². The Morgan fingerprint density at radius 3 is 2.58 bits per heavy atom. The monoisotopic (exact) mass is 268 g/mol. The molecule has 0 aromatic heterocycles. The number of hydrogen-bond donors (Lipinski definition) is 1. The molecule has 0 aromatic carbocycles. The van der Waals surface area contributed by atoms with Gasteiger partial charge in [-0.1, -0.05) is 19.3 Å². The lowest BCUT2D eigenvalue weighted by Gasteiger charge is -2.34. The topological polar surface area (TPSA) is 38.5 Å². The lowest BCUT2D eigenvalue weighted by atomic mass is 9.94. The number of rotatable bonds is 7. The molecule has 3 nitrogen and oxygen atoms in total. The van der Waals surface area contributed by atoms with Gasteiger partial charge in [-0.2, -0.15) is 0 Å². The molecule has 2 saturated carbocycles. The minimum atomic E-state index is 0.416. The van der Waals surface area contributed by atoms with Crippen LogP contribution < -0.4 is 5.73 Å². The first-order chi connectivity index (χ1) is 9.22. The molecule has 0 spiro atoms. The van der Waals surface area contributed by atoms with E-state index in [0.29, 0.717) is 18.0 Å². The summed E-state index contributed by atoms with van der Waals surface area (Å²) in [7, 11) is 1.80. The van der Waals surface area contributed by atoms with Crippen LogP contribution in [0, 0.1) is 11.8 Å². The summed E-state index contributed by atoms with van der Waals surface area (Å²) in [4.78, 5) is 2.65.